The fourth-order valence-corrected chi connectivity index (χ4v) is 4.10. The third kappa shape index (κ3) is 5.34. The lowest BCUT2D eigenvalue weighted by molar-refractivity contribution is -0.127. The minimum absolute atomic E-state index is 0.0915. The second kappa shape index (κ2) is 10.3. The van der Waals surface area contributed by atoms with Gasteiger partial charge >= 0.3 is 0 Å². The molecule has 2 N–H and O–H groups in total. The molecule has 7 heteroatoms. The van der Waals surface area contributed by atoms with Gasteiger partial charge in [0.15, 0.2) is 18.1 Å². The smallest absolute Gasteiger partial charge is 0.257 e. The third-order valence-corrected chi connectivity index (χ3v) is 5.68. The molecule has 1 aliphatic carbocycles. The van der Waals surface area contributed by atoms with Crippen LogP contribution in [0.1, 0.15) is 43.7 Å². The molecule has 3 rings (SSSR count). The van der Waals surface area contributed by atoms with Crippen molar-refractivity contribution in [1.82, 2.24) is 10.6 Å². The lowest BCUT2D eigenvalue weighted by atomic mass is 9.78. The van der Waals surface area contributed by atoms with Crippen molar-refractivity contribution < 1.29 is 23.5 Å². The van der Waals surface area contributed by atoms with Crippen molar-refractivity contribution in [3.63, 3.8) is 0 Å². The summed E-state index contributed by atoms with van der Waals surface area (Å²) < 4.78 is 24.7. The number of ether oxygens (including phenoxy) is 2. The number of halogens is 1. The van der Waals surface area contributed by atoms with Crippen molar-refractivity contribution in [3.05, 3.63) is 59.4 Å². The minimum Gasteiger partial charge on any atom is -0.493 e. The Bertz CT molecular complexity index is 926. The maximum absolute atomic E-state index is 13.8. The quantitative estimate of drug-likeness (QED) is 0.641. The van der Waals surface area contributed by atoms with Crippen LogP contribution in [0, 0.1) is 5.82 Å². The van der Waals surface area contributed by atoms with E-state index in [1.54, 1.807) is 18.2 Å². The minimum atomic E-state index is -0.693. The van der Waals surface area contributed by atoms with Crippen LogP contribution in [0.15, 0.2) is 42.5 Å². The topological polar surface area (TPSA) is 76.7 Å². The van der Waals surface area contributed by atoms with E-state index >= 15 is 0 Å². The first-order valence-electron chi connectivity index (χ1n) is 10.6. The zero-order valence-corrected chi connectivity index (χ0v) is 18.0. The summed E-state index contributed by atoms with van der Waals surface area (Å²) in [6.07, 6.45) is 3.29. The lowest BCUT2D eigenvalue weighted by Crippen LogP contribution is -2.42. The zero-order valence-electron chi connectivity index (χ0n) is 18.0. The van der Waals surface area contributed by atoms with Crippen LogP contribution in [0.4, 0.5) is 4.39 Å². The zero-order chi connectivity index (χ0) is 22.3. The Hall–Kier alpha value is -3.09. The highest BCUT2D eigenvalue weighted by Crippen LogP contribution is 2.41. The van der Waals surface area contributed by atoms with E-state index in [0.717, 1.165) is 24.0 Å². The van der Waals surface area contributed by atoms with Crippen molar-refractivity contribution in [2.24, 2.45) is 0 Å². The number of hydrogen-bond donors (Lipinski definition) is 2. The predicted molar refractivity (Wildman–Crippen MR) is 116 cm³/mol. The molecule has 0 aliphatic heterocycles. The van der Waals surface area contributed by atoms with Crippen molar-refractivity contribution in [2.75, 3.05) is 20.3 Å². The largest absolute Gasteiger partial charge is 0.493 e. The number of rotatable bonds is 9. The Balaban J connectivity index is 1.68. The molecule has 0 atom stereocenters. The summed E-state index contributed by atoms with van der Waals surface area (Å²) in [4.78, 5) is 24.8. The van der Waals surface area contributed by atoms with Gasteiger partial charge in [0.1, 0.15) is 5.82 Å². The van der Waals surface area contributed by atoms with E-state index in [1.807, 2.05) is 19.1 Å². The molecule has 0 saturated heterocycles. The van der Waals surface area contributed by atoms with Crippen LogP contribution in [0.5, 0.6) is 11.5 Å². The molecule has 0 bridgehead atoms. The maximum Gasteiger partial charge on any atom is 0.257 e. The molecule has 0 unspecified atom stereocenters. The summed E-state index contributed by atoms with van der Waals surface area (Å²) >= 11 is 0. The molecule has 1 aliphatic rings. The number of carbonyl (C=O) groups excluding carboxylic acids is 2. The Morgan fingerprint density at radius 3 is 2.52 bits per heavy atom. The van der Waals surface area contributed by atoms with E-state index < -0.39 is 5.41 Å². The Labute approximate surface area is 182 Å². The molecular formula is C24H29FN2O4. The van der Waals surface area contributed by atoms with Gasteiger partial charge < -0.3 is 20.1 Å². The fourth-order valence-electron chi connectivity index (χ4n) is 4.10. The van der Waals surface area contributed by atoms with Crippen LogP contribution in [0.3, 0.4) is 0 Å². The first kappa shape index (κ1) is 22.6. The summed E-state index contributed by atoms with van der Waals surface area (Å²) in [7, 11) is 1.52. The maximum atomic E-state index is 13.8. The molecule has 1 fully saturated rings. The lowest BCUT2D eigenvalue weighted by Gasteiger charge is -2.28. The first-order valence-corrected chi connectivity index (χ1v) is 10.6. The second-order valence-electron chi connectivity index (χ2n) is 7.71. The van der Waals surface area contributed by atoms with E-state index in [-0.39, 0.29) is 24.2 Å². The summed E-state index contributed by atoms with van der Waals surface area (Å²) in [5.41, 5.74) is 0.874. The molecule has 166 valence electrons. The second-order valence-corrected chi connectivity index (χ2v) is 7.71. The van der Waals surface area contributed by atoms with Crippen molar-refractivity contribution in [3.8, 4) is 11.5 Å². The van der Waals surface area contributed by atoms with Crippen LogP contribution in [-0.2, 0) is 21.5 Å². The van der Waals surface area contributed by atoms with Crippen molar-refractivity contribution in [2.45, 2.75) is 44.6 Å². The Morgan fingerprint density at radius 1 is 1.06 bits per heavy atom. The molecule has 0 radical (unpaired) electrons. The highest BCUT2D eigenvalue weighted by Gasteiger charge is 2.42. The van der Waals surface area contributed by atoms with Crippen LogP contribution < -0.4 is 20.1 Å². The summed E-state index contributed by atoms with van der Waals surface area (Å²) in [5.74, 6) is 0.309. The van der Waals surface area contributed by atoms with Crippen molar-refractivity contribution >= 4 is 11.8 Å². The molecular weight excluding hydrogens is 399 g/mol. The molecule has 0 aromatic heterocycles. The highest BCUT2D eigenvalue weighted by atomic mass is 19.1. The third-order valence-electron chi connectivity index (χ3n) is 5.68. The standard InChI is InChI=1S/C24H29FN2O4/c1-3-26-22(28)16-31-20-10-9-17(13-21(20)30-2)15-27-23(29)24(11-4-5-12-24)18-7-6-8-19(25)14-18/h6-10,13-14H,3-5,11-12,15-16H2,1-2H3,(H,26,28)(H,27,29). The molecule has 0 heterocycles. The number of methoxy groups -OCH3 is 1. The number of carbonyl (C=O) groups is 2. The van der Waals surface area contributed by atoms with Gasteiger partial charge in [-0.3, -0.25) is 9.59 Å². The fraction of sp³-hybridized carbons (Fsp3) is 0.417. The number of hydrogen-bond acceptors (Lipinski definition) is 4. The molecule has 2 amide bonds. The van der Waals surface area contributed by atoms with Crippen LogP contribution >= 0.6 is 0 Å². The molecule has 31 heavy (non-hydrogen) atoms. The Kier molecular flexibility index (Phi) is 7.50. The average molecular weight is 429 g/mol. The van der Waals surface area contributed by atoms with E-state index in [0.29, 0.717) is 37.4 Å². The summed E-state index contributed by atoms with van der Waals surface area (Å²) in [6, 6.07) is 11.7. The van der Waals surface area contributed by atoms with Crippen LogP contribution in [0.2, 0.25) is 0 Å². The van der Waals surface area contributed by atoms with Gasteiger partial charge in [-0.1, -0.05) is 31.0 Å². The number of nitrogens with one attached hydrogen (secondary N) is 2. The normalized spacial score (nSPS) is 14.7. The first-order chi connectivity index (χ1) is 15.0. The van der Waals surface area contributed by atoms with Gasteiger partial charge in [-0.2, -0.15) is 0 Å². The molecule has 2 aromatic carbocycles. The number of benzene rings is 2. The summed E-state index contributed by atoms with van der Waals surface area (Å²) in [5, 5.41) is 5.68. The van der Waals surface area contributed by atoms with Gasteiger partial charge in [0.05, 0.1) is 12.5 Å². The van der Waals surface area contributed by atoms with Gasteiger partial charge in [0.2, 0.25) is 5.91 Å². The molecule has 2 aromatic rings. The van der Waals surface area contributed by atoms with E-state index in [1.165, 1.54) is 19.2 Å². The highest BCUT2D eigenvalue weighted by molar-refractivity contribution is 5.88. The van der Waals surface area contributed by atoms with Crippen LogP contribution in [0.25, 0.3) is 0 Å². The molecule has 0 spiro atoms. The van der Waals surface area contributed by atoms with Gasteiger partial charge in [-0.25, -0.2) is 4.39 Å². The van der Waals surface area contributed by atoms with Gasteiger partial charge in [0.25, 0.3) is 5.91 Å². The molecule has 1 saturated carbocycles. The Morgan fingerprint density at radius 2 is 1.84 bits per heavy atom. The van der Waals surface area contributed by atoms with E-state index in [4.69, 9.17) is 9.47 Å². The average Bonchev–Trinajstić information content (AvgIpc) is 3.28. The van der Waals surface area contributed by atoms with Gasteiger partial charge in [-0.05, 0) is 55.2 Å². The summed E-state index contributed by atoms with van der Waals surface area (Å²) in [6.45, 7) is 2.58. The monoisotopic (exact) mass is 428 g/mol. The van der Waals surface area contributed by atoms with Crippen molar-refractivity contribution in [1.29, 1.82) is 0 Å². The predicted octanol–water partition coefficient (Wildman–Crippen LogP) is 3.48. The number of likely N-dealkylation sites (N-methyl/N-ethyl adjacent to an activating group) is 1. The van der Waals surface area contributed by atoms with Gasteiger partial charge in [-0.15, -0.1) is 0 Å². The van der Waals surface area contributed by atoms with E-state index in [2.05, 4.69) is 10.6 Å². The SMILES string of the molecule is CCNC(=O)COc1ccc(CNC(=O)C2(c3cccc(F)c3)CCCC2)cc1OC. The van der Waals surface area contributed by atoms with Crippen LogP contribution in [-0.4, -0.2) is 32.1 Å². The van der Waals surface area contributed by atoms with Gasteiger partial charge in [0, 0.05) is 13.1 Å². The number of amides is 2. The van der Waals surface area contributed by atoms with E-state index in [9.17, 15) is 14.0 Å². The molecule has 6 nitrogen and oxygen atoms in total.